The van der Waals surface area contributed by atoms with Gasteiger partial charge in [0.2, 0.25) is 0 Å². The molecule has 0 bridgehead atoms. The van der Waals surface area contributed by atoms with Crippen LogP contribution in [0.4, 0.5) is 0 Å². The van der Waals surface area contributed by atoms with E-state index < -0.39 is 0 Å². The Balaban J connectivity index is 2.44. The van der Waals surface area contributed by atoms with E-state index in [0.29, 0.717) is 5.54 Å². The molecule has 1 atom stereocenters. The highest BCUT2D eigenvalue weighted by molar-refractivity contribution is 4.88. The predicted molar refractivity (Wildman–Crippen MR) is 35.9 cm³/mol. The van der Waals surface area contributed by atoms with Crippen LogP contribution in [-0.2, 0) is 0 Å². The van der Waals surface area contributed by atoms with Gasteiger partial charge < -0.3 is 5.32 Å². The molecule has 48 valence electrons. The van der Waals surface area contributed by atoms with Gasteiger partial charge in [-0.15, -0.1) is 0 Å². The quantitative estimate of drug-likeness (QED) is 0.502. The summed E-state index contributed by atoms with van der Waals surface area (Å²) in [5.41, 5.74) is 0.416. The topological polar surface area (TPSA) is 12.0 Å². The second-order valence-electron chi connectivity index (χ2n) is 3.47. The Bertz CT molecular complexity index is 86.4. The van der Waals surface area contributed by atoms with E-state index in [0.717, 1.165) is 6.04 Å². The Morgan fingerprint density at radius 2 is 2.12 bits per heavy atom. The van der Waals surface area contributed by atoms with Crippen molar-refractivity contribution in [2.24, 2.45) is 0 Å². The van der Waals surface area contributed by atoms with Crippen LogP contribution >= 0.6 is 0 Å². The molecule has 0 saturated carbocycles. The summed E-state index contributed by atoms with van der Waals surface area (Å²) in [7, 11) is 0. The van der Waals surface area contributed by atoms with Gasteiger partial charge in [0.25, 0.3) is 0 Å². The summed E-state index contributed by atoms with van der Waals surface area (Å²) in [5.74, 6) is 0. The monoisotopic (exact) mass is 113 g/mol. The van der Waals surface area contributed by atoms with E-state index in [2.05, 4.69) is 26.1 Å². The van der Waals surface area contributed by atoms with Crippen molar-refractivity contribution in [3.8, 4) is 0 Å². The van der Waals surface area contributed by atoms with Gasteiger partial charge in [-0.1, -0.05) is 0 Å². The van der Waals surface area contributed by atoms with Crippen LogP contribution in [0.2, 0.25) is 0 Å². The zero-order valence-electron chi connectivity index (χ0n) is 5.99. The van der Waals surface area contributed by atoms with Gasteiger partial charge in [0, 0.05) is 11.6 Å². The van der Waals surface area contributed by atoms with E-state index in [1.807, 2.05) is 0 Å². The van der Waals surface area contributed by atoms with E-state index in [1.165, 1.54) is 12.8 Å². The lowest BCUT2D eigenvalue weighted by Gasteiger charge is -2.17. The minimum atomic E-state index is 0.416. The highest BCUT2D eigenvalue weighted by Gasteiger charge is 2.26. The van der Waals surface area contributed by atoms with Crippen LogP contribution in [0.1, 0.15) is 33.6 Å². The van der Waals surface area contributed by atoms with E-state index in [4.69, 9.17) is 0 Å². The molecule has 0 aromatic heterocycles. The maximum absolute atomic E-state index is 3.49. The molecular formula is C7H15N. The Morgan fingerprint density at radius 1 is 1.50 bits per heavy atom. The SMILES string of the molecule is CC1CCC(C)(C)N1. The van der Waals surface area contributed by atoms with Gasteiger partial charge in [0.05, 0.1) is 0 Å². The van der Waals surface area contributed by atoms with Crippen molar-refractivity contribution >= 4 is 0 Å². The fraction of sp³-hybridized carbons (Fsp3) is 1.00. The first-order valence-corrected chi connectivity index (χ1v) is 3.38. The molecule has 0 amide bonds. The fourth-order valence-electron chi connectivity index (χ4n) is 1.39. The van der Waals surface area contributed by atoms with Gasteiger partial charge >= 0.3 is 0 Å². The molecule has 0 aromatic carbocycles. The van der Waals surface area contributed by atoms with Crippen LogP contribution in [0.5, 0.6) is 0 Å². The largest absolute Gasteiger partial charge is 0.309 e. The fourth-order valence-corrected chi connectivity index (χ4v) is 1.39. The first-order chi connectivity index (χ1) is 3.60. The van der Waals surface area contributed by atoms with Crippen LogP contribution in [0.3, 0.4) is 0 Å². The molecule has 1 fully saturated rings. The molecule has 0 aliphatic carbocycles. The second kappa shape index (κ2) is 1.73. The maximum Gasteiger partial charge on any atom is 0.0128 e. The Morgan fingerprint density at radius 3 is 2.25 bits per heavy atom. The Hall–Kier alpha value is -0.0400. The third-order valence-corrected chi connectivity index (χ3v) is 1.84. The van der Waals surface area contributed by atoms with Crippen molar-refractivity contribution in [3.63, 3.8) is 0 Å². The molecule has 1 rings (SSSR count). The molecule has 1 N–H and O–H groups in total. The van der Waals surface area contributed by atoms with Crippen molar-refractivity contribution in [2.45, 2.75) is 45.2 Å². The predicted octanol–water partition coefficient (Wildman–Crippen LogP) is 1.54. The van der Waals surface area contributed by atoms with E-state index in [1.54, 1.807) is 0 Å². The van der Waals surface area contributed by atoms with Gasteiger partial charge in [-0.2, -0.15) is 0 Å². The Kier molecular flexibility index (Phi) is 1.31. The molecule has 0 spiro atoms. The lowest BCUT2D eigenvalue weighted by molar-refractivity contribution is 0.437. The molecule has 1 heterocycles. The van der Waals surface area contributed by atoms with Crippen molar-refractivity contribution < 1.29 is 0 Å². The number of rotatable bonds is 0. The second-order valence-corrected chi connectivity index (χ2v) is 3.47. The van der Waals surface area contributed by atoms with Crippen LogP contribution in [-0.4, -0.2) is 11.6 Å². The molecule has 1 unspecified atom stereocenters. The summed E-state index contributed by atoms with van der Waals surface area (Å²) < 4.78 is 0. The molecule has 0 aromatic rings. The van der Waals surface area contributed by atoms with Crippen LogP contribution in [0, 0.1) is 0 Å². The molecule has 1 nitrogen and oxygen atoms in total. The van der Waals surface area contributed by atoms with Crippen molar-refractivity contribution in [1.29, 1.82) is 0 Å². The molecular weight excluding hydrogens is 98.1 g/mol. The normalized spacial score (nSPS) is 35.6. The zero-order chi connectivity index (χ0) is 6.20. The summed E-state index contributed by atoms with van der Waals surface area (Å²) in [4.78, 5) is 0. The van der Waals surface area contributed by atoms with Crippen molar-refractivity contribution in [2.75, 3.05) is 0 Å². The summed E-state index contributed by atoms with van der Waals surface area (Å²) in [6.07, 6.45) is 2.67. The smallest absolute Gasteiger partial charge is 0.0128 e. The van der Waals surface area contributed by atoms with Crippen LogP contribution in [0.15, 0.2) is 0 Å². The Labute approximate surface area is 51.5 Å². The lowest BCUT2D eigenvalue weighted by atomic mass is 10.0. The minimum absolute atomic E-state index is 0.416. The molecule has 1 aliphatic heterocycles. The number of hydrogen-bond donors (Lipinski definition) is 1. The lowest BCUT2D eigenvalue weighted by Crippen LogP contribution is -2.35. The molecule has 8 heavy (non-hydrogen) atoms. The summed E-state index contributed by atoms with van der Waals surface area (Å²) >= 11 is 0. The molecule has 1 saturated heterocycles. The van der Waals surface area contributed by atoms with E-state index >= 15 is 0 Å². The average molecular weight is 113 g/mol. The van der Waals surface area contributed by atoms with Gasteiger partial charge in [-0.3, -0.25) is 0 Å². The summed E-state index contributed by atoms with van der Waals surface area (Å²) in [6, 6.07) is 0.741. The van der Waals surface area contributed by atoms with Crippen LogP contribution < -0.4 is 5.32 Å². The third kappa shape index (κ3) is 1.22. The molecule has 1 heteroatoms. The maximum atomic E-state index is 3.49. The van der Waals surface area contributed by atoms with Gasteiger partial charge in [0.15, 0.2) is 0 Å². The minimum Gasteiger partial charge on any atom is -0.309 e. The summed E-state index contributed by atoms with van der Waals surface area (Å²) in [5, 5.41) is 3.49. The average Bonchev–Trinajstić information content (AvgIpc) is 1.82. The number of hydrogen-bond acceptors (Lipinski definition) is 1. The zero-order valence-corrected chi connectivity index (χ0v) is 5.99. The van der Waals surface area contributed by atoms with Crippen molar-refractivity contribution in [1.82, 2.24) is 5.32 Å². The first-order valence-electron chi connectivity index (χ1n) is 3.38. The molecule has 1 aliphatic rings. The first kappa shape index (κ1) is 6.09. The van der Waals surface area contributed by atoms with Gasteiger partial charge in [-0.05, 0) is 33.6 Å². The third-order valence-electron chi connectivity index (χ3n) is 1.84. The standard InChI is InChI=1S/C7H15N/c1-6-4-5-7(2,3)8-6/h6,8H,4-5H2,1-3H3. The van der Waals surface area contributed by atoms with Crippen LogP contribution in [0.25, 0.3) is 0 Å². The highest BCUT2D eigenvalue weighted by Crippen LogP contribution is 2.21. The molecule has 0 radical (unpaired) electrons. The number of nitrogens with one attached hydrogen (secondary N) is 1. The van der Waals surface area contributed by atoms with Gasteiger partial charge in [-0.25, -0.2) is 0 Å². The van der Waals surface area contributed by atoms with Crippen molar-refractivity contribution in [3.05, 3.63) is 0 Å². The summed E-state index contributed by atoms with van der Waals surface area (Å²) in [6.45, 7) is 6.77. The van der Waals surface area contributed by atoms with E-state index in [9.17, 15) is 0 Å². The van der Waals surface area contributed by atoms with E-state index in [-0.39, 0.29) is 0 Å². The van der Waals surface area contributed by atoms with Gasteiger partial charge in [0.1, 0.15) is 0 Å². The highest BCUT2D eigenvalue weighted by atomic mass is 15.0.